The summed E-state index contributed by atoms with van der Waals surface area (Å²) in [5, 5.41) is 0. The predicted molar refractivity (Wildman–Crippen MR) is 76.5 cm³/mol. The Morgan fingerprint density at radius 1 is 1.05 bits per heavy atom. The quantitative estimate of drug-likeness (QED) is 0.618. The predicted octanol–water partition coefficient (Wildman–Crippen LogP) is 3.26. The van der Waals surface area contributed by atoms with Gasteiger partial charge in [0.1, 0.15) is 17.9 Å². The minimum absolute atomic E-state index is 0.386. The lowest BCUT2D eigenvalue weighted by Gasteiger charge is -2.10. The van der Waals surface area contributed by atoms with Gasteiger partial charge in [-0.05, 0) is 5.56 Å². The van der Waals surface area contributed by atoms with Crippen LogP contribution in [0.25, 0.3) is 11.3 Å². The summed E-state index contributed by atoms with van der Waals surface area (Å²) < 4.78 is 10.7. The van der Waals surface area contributed by atoms with E-state index >= 15 is 0 Å². The number of rotatable bonds is 2. The average molecular weight is 266 g/mol. The summed E-state index contributed by atoms with van der Waals surface area (Å²) in [6, 6.07) is 17.3. The van der Waals surface area contributed by atoms with Gasteiger partial charge in [-0.3, -0.25) is 0 Å². The number of fused-ring (bicyclic) bond motifs is 1. The lowest BCUT2D eigenvalue weighted by Crippen LogP contribution is -2.06. The van der Waals surface area contributed by atoms with Gasteiger partial charge in [0, 0.05) is 11.1 Å². The molecule has 0 amide bonds. The van der Waals surface area contributed by atoms with Gasteiger partial charge < -0.3 is 9.47 Å². The van der Waals surface area contributed by atoms with Crippen molar-refractivity contribution in [3.05, 3.63) is 71.3 Å². The molecule has 0 radical (unpaired) electrons. The average Bonchev–Trinajstić information content (AvgIpc) is 2.92. The van der Waals surface area contributed by atoms with Crippen LogP contribution in [0.4, 0.5) is 0 Å². The van der Waals surface area contributed by atoms with Crippen molar-refractivity contribution in [2.24, 2.45) is 0 Å². The molecule has 3 nitrogen and oxygen atoms in total. The molecule has 0 aliphatic carbocycles. The van der Waals surface area contributed by atoms with Crippen molar-refractivity contribution in [2.45, 2.75) is 6.61 Å². The minimum atomic E-state index is -0.386. The van der Waals surface area contributed by atoms with Gasteiger partial charge in [0.15, 0.2) is 0 Å². The molecule has 0 saturated carbocycles. The van der Waals surface area contributed by atoms with Crippen molar-refractivity contribution in [3.8, 4) is 0 Å². The monoisotopic (exact) mass is 266 g/mol. The van der Waals surface area contributed by atoms with E-state index in [-0.39, 0.29) is 5.97 Å². The molecule has 0 saturated heterocycles. The van der Waals surface area contributed by atoms with Crippen molar-refractivity contribution in [1.82, 2.24) is 0 Å². The maximum absolute atomic E-state index is 12.1. The maximum Gasteiger partial charge on any atom is 0.342 e. The zero-order valence-corrected chi connectivity index (χ0v) is 11.1. The minimum Gasteiger partial charge on any atom is -0.487 e. The molecule has 0 spiro atoms. The van der Waals surface area contributed by atoms with Gasteiger partial charge in [-0.15, -0.1) is 0 Å². The van der Waals surface area contributed by atoms with Crippen LogP contribution in [0.2, 0.25) is 0 Å². The fourth-order valence-electron chi connectivity index (χ4n) is 2.35. The molecule has 1 heterocycles. The molecule has 2 aromatic carbocycles. The molecule has 0 bridgehead atoms. The number of esters is 1. The molecule has 0 N–H and O–H groups in total. The third kappa shape index (κ3) is 2.07. The number of carbonyl (C=O) groups excluding carboxylic acids is 1. The lowest BCUT2D eigenvalue weighted by atomic mass is 10.00. The molecular weight excluding hydrogens is 252 g/mol. The van der Waals surface area contributed by atoms with Crippen molar-refractivity contribution in [3.63, 3.8) is 0 Å². The first-order valence-electron chi connectivity index (χ1n) is 6.40. The Morgan fingerprint density at radius 3 is 2.50 bits per heavy atom. The van der Waals surface area contributed by atoms with Gasteiger partial charge in [-0.1, -0.05) is 54.6 Å². The molecule has 1 aliphatic rings. The van der Waals surface area contributed by atoms with Crippen molar-refractivity contribution >= 4 is 17.3 Å². The number of hydrogen-bond acceptors (Lipinski definition) is 3. The fraction of sp³-hybridized carbons (Fsp3) is 0.118. The fourth-order valence-corrected chi connectivity index (χ4v) is 2.35. The smallest absolute Gasteiger partial charge is 0.342 e. The Kier molecular flexibility index (Phi) is 3.25. The van der Waals surface area contributed by atoms with Gasteiger partial charge >= 0.3 is 5.97 Å². The number of carbonyl (C=O) groups is 1. The van der Waals surface area contributed by atoms with E-state index in [1.54, 1.807) is 0 Å². The Balaban J connectivity index is 2.21. The van der Waals surface area contributed by atoms with E-state index in [1.807, 2.05) is 54.6 Å². The Hall–Kier alpha value is -2.55. The highest BCUT2D eigenvalue weighted by Gasteiger charge is 2.26. The van der Waals surface area contributed by atoms with Crippen LogP contribution in [-0.2, 0) is 20.9 Å². The molecule has 3 heteroatoms. The maximum atomic E-state index is 12.1. The molecule has 0 fully saturated rings. The number of benzene rings is 2. The van der Waals surface area contributed by atoms with E-state index in [0.717, 1.165) is 16.7 Å². The zero-order chi connectivity index (χ0) is 13.9. The highest BCUT2D eigenvalue weighted by Crippen LogP contribution is 2.36. The molecule has 20 heavy (non-hydrogen) atoms. The Labute approximate surface area is 117 Å². The van der Waals surface area contributed by atoms with E-state index in [2.05, 4.69) is 0 Å². The topological polar surface area (TPSA) is 35.5 Å². The molecule has 100 valence electrons. The van der Waals surface area contributed by atoms with Gasteiger partial charge in [0.2, 0.25) is 0 Å². The van der Waals surface area contributed by atoms with Crippen molar-refractivity contribution < 1.29 is 14.3 Å². The second-order valence-electron chi connectivity index (χ2n) is 4.51. The highest BCUT2D eigenvalue weighted by molar-refractivity contribution is 6.23. The third-order valence-electron chi connectivity index (χ3n) is 3.31. The third-order valence-corrected chi connectivity index (χ3v) is 3.31. The first kappa shape index (κ1) is 12.5. The summed E-state index contributed by atoms with van der Waals surface area (Å²) in [6.45, 7) is 0.485. The molecule has 0 atom stereocenters. The summed E-state index contributed by atoms with van der Waals surface area (Å²) in [7, 11) is 1.38. The molecule has 1 aliphatic heterocycles. The first-order chi connectivity index (χ1) is 9.81. The van der Waals surface area contributed by atoms with Crippen LogP contribution in [0, 0.1) is 0 Å². The highest BCUT2D eigenvalue weighted by atomic mass is 16.5. The summed E-state index contributed by atoms with van der Waals surface area (Å²) in [5.74, 6) is 0.210. The van der Waals surface area contributed by atoms with E-state index in [0.29, 0.717) is 17.9 Å². The first-order valence-corrected chi connectivity index (χ1v) is 6.40. The standard InChI is InChI=1S/C17H14O3/c1-19-17(18)15(12-7-3-2-4-8-12)16-14-10-6-5-9-13(14)11-20-16/h2-10H,11H2,1H3/b16-15-. The van der Waals surface area contributed by atoms with Crippen LogP contribution in [0.1, 0.15) is 16.7 Å². The molecule has 0 unspecified atom stereocenters. The molecular formula is C17H14O3. The summed E-state index contributed by atoms with van der Waals surface area (Å²) in [6.07, 6.45) is 0. The largest absolute Gasteiger partial charge is 0.487 e. The number of methoxy groups -OCH3 is 1. The van der Waals surface area contributed by atoms with Gasteiger partial charge in [0.25, 0.3) is 0 Å². The molecule has 3 rings (SSSR count). The summed E-state index contributed by atoms with van der Waals surface area (Å²) in [5.41, 5.74) is 3.31. The normalized spacial score (nSPS) is 15.2. The van der Waals surface area contributed by atoms with Crippen LogP contribution >= 0.6 is 0 Å². The Bertz CT molecular complexity index is 672. The van der Waals surface area contributed by atoms with E-state index < -0.39 is 0 Å². The number of ether oxygens (including phenoxy) is 2. The van der Waals surface area contributed by atoms with Crippen LogP contribution < -0.4 is 0 Å². The van der Waals surface area contributed by atoms with Crippen LogP contribution in [0.5, 0.6) is 0 Å². The molecule has 2 aromatic rings. The van der Waals surface area contributed by atoms with E-state index in [9.17, 15) is 4.79 Å². The second-order valence-corrected chi connectivity index (χ2v) is 4.51. The zero-order valence-electron chi connectivity index (χ0n) is 11.1. The Morgan fingerprint density at radius 2 is 1.75 bits per heavy atom. The van der Waals surface area contributed by atoms with Crippen molar-refractivity contribution in [2.75, 3.05) is 7.11 Å². The van der Waals surface area contributed by atoms with Gasteiger partial charge in [-0.2, -0.15) is 0 Å². The van der Waals surface area contributed by atoms with E-state index in [4.69, 9.17) is 9.47 Å². The number of hydrogen-bond donors (Lipinski definition) is 0. The summed E-state index contributed by atoms with van der Waals surface area (Å²) >= 11 is 0. The van der Waals surface area contributed by atoms with Crippen LogP contribution in [0.3, 0.4) is 0 Å². The lowest BCUT2D eigenvalue weighted by molar-refractivity contribution is -0.133. The van der Waals surface area contributed by atoms with Crippen LogP contribution in [0.15, 0.2) is 54.6 Å². The van der Waals surface area contributed by atoms with E-state index in [1.165, 1.54) is 7.11 Å². The van der Waals surface area contributed by atoms with Gasteiger partial charge in [0.05, 0.1) is 7.11 Å². The SMILES string of the molecule is COC(=O)/C(=C1\OCc2ccccc21)c1ccccc1. The second kappa shape index (κ2) is 5.21. The van der Waals surface area contributed by atoms with Gasteiger partial charge in [-0.25, -0.2) is 4.79 Å². The van der Waals surface area contributed by atoms with Crippen LogP contribution in [-0.4, -0.2) is 13.1 Å². The summed E-state index contributed by atoms with van der Waals surface area (Å²) in [4.78, 5) is 12.1. The molecule has 0 aromatic heterocycles. The van der Waals surface area contributed by atoms with Crippen molar-refractivity contribution in [1.29, 1.82) is 0 Å².